The van der Waals surface area contributed by atoms with Crippen molar-refractivity contribution in [3.05, 3.63) is 58.5 Å². The Kier molecular flexibility index (Phi) is 4.53. The molecule has 10 heteroatoms. The summed E-state index contributed by atoms with van der Waals surface area (Å²) in [7, 11) is 1.53. The van der Waals surface area contributed by atoms with Gasteiger partial charge in [0.15, 0.2) is 0 Å². The summed E-state index contributed by atoms with van der Waals surface area (Å²) in [4.78, 5) is 55.2. The molecule has 1 atom stereocenters. The van der Waals surface area contributed by atoms with Crippen molar-refractivity contribution in [2.45, 2.75) is 12.5 Å². The molecule has 1 aliphatic rings. The van der Waals surface area contributed by atoms with Gasteiger partial charge in [0.25, 0.3) is 5.91 Å². The second kappa shape index (κ2) is 7.07. The smallest absolute Gasteiger partial charge is 0.325 e. The van der Waals surface area contributed by atoms with Gasteiger partial charge in [0, 0.05) is 5.69 Å². The zero-order valence-electron chi connectivity index (χ0n) is 16.2. The van der Waals surface area contributed by atoms with Crippen molar-refractivity contribution in [2.75, 3.05) is 19.0 Å². The van der Waals surface area contributed by atoms with Gasteiger partial charge < -0.3 is 25.3 Å². The van der Waals surface area contributed by atoms with Crippen LogP contribution in [0.2, 0.25) is 0 Å². The highest BCUT2D eigenvalue weighted by Gasteiger charge is 2.49. The molecule has 4 amide bonds. The molecule has 0 bridgehead atoms. The molecule has 3 aromatic rings. The number of urea groups is 1. The number of hydrogen-bond acceptors (Lipinski definition) is 5. The third-order valence-electron chi connectivity index (χ3n) is 5.04. The lowest BCUT2D eigenvalue weighted by Gasteiger charge is -2.22. The quantitative estimate of drug-likeness (QED) is 0.471. The lowest BCUT2D eigenvalue weighted by Crippen LogP contribution is -2.42. The van der Waals surface area contributed by atoms with E-state index >= 15 is 0 Å². The van der Waals surface area contributed by atoms with Crippen molar-refractivity contribution in [3.8, 4) is 5.75 Å². The van der Waals surface area contributed by atoms with E-state index in [9.17, 15) is 19.2 Å². The normalized spacial score (nSPS) is 18.5. The summed E-state index contributed by atoms with van der Waals surface area (Å²) < 4.78 is 5.11. The molecule has 0 unspecified atom stereocenters. The van der Waals surface area contributed by atoms with Crippen LogP contribution in [-0.4, -0.2) is 46.4 Å². The molecule has 4 N–H and O–H groups in total. The highest BCUT2D eigenvalue weighted by Crippen LogP contribution is 2.30. The number of amides is 4. The third kappa shape index (κ3) is 3.28. The largest absolute Gasteiger partial charge is 0.497 e. The molecule has 0 aliphatic carbocycles. The fourth-order valence-corrected chi connectivity index (χ4v) is 3.41. The van der Waals surface area contributed by atoms with Gasteiger partial charge >= 0.3 is 11.7 Å². The predicted molar refractivity (Wildman–Crippen MR) is 108 cm³/mol. The maximum atomic E-state index is 12.9. The Labute approximate surface area is 170 Å². The van der Waals surface area contributed by atoms with Gasteiger partial charge in [0.1, 0.15) is 17.8 Å². The fourth-order valence-electron chi connectivity index (χ4n) is 3.41. The molecule has 10 nitrogen and oxygen atoms in total. The number of aromatic amines is 2. The first-order chi connectivity index (χ1) is 14.3. The topological polar surface area (TPSA) is 136 Å². The fraction of sp³-hybridized carbons (Fsp3) is 0.200. The summed E-state index contributed by atoms with van der Waals surface area (Å²) in [6.07, 6.45) is 0. The third-order valence-corrected chi connectivity index (χ3v) is 5.04. The maximum absolute atomic E-state index is 12.9. The second-order valence-electron chi connectivity index (χ2n) is 7.06. The van der Waals surface area contributed by atoms with Crippen molar-refractivity contribution in [2.24, 2.45) is 0 Å². The molecule has 154 valence electrons. The van der Waals surface area contributed by atoms with E-state index in [1.54, 1.807) is 49.4 Å². The number of benzene rings is 2. The van der Waals surface area contributed by atoms with E-state index < -0.39 is 29.9 Å². The van der Waals surface area contributed by atoms with Gasteiger partial charge in [-0.3, -0.25) is 14.5 Å². The first-order valence-corrected chi connectivity index (χ1v) is 9.11. The van der Waals surface area contributed by atoms with Gasteiger partial charge in [-0.05, 0) is 42.8 Å². The molecular weight excluding hydrogens is 390 g/mol. The summed E-state index contributed by atoms with van der Waals surface area (Å²) in [5.41, 5.74) is 0.486. The standard InChI is InChI=1S/C20H19N5O5/c1-20(11-3-6-13(30-2)7-4-11)17(27)25(19(29)24-20)10-16(26)21-12-5-8-14-15(9-12)23-18(28)22-14/h3-9H,10H2,1-2H3,(H,21,26)(H,24,29)(H2,22,23,28)/t20-/m1/s1. The van der Waals surface area contributed by atoms with Crippen LogP contribution in [0.3, 0.4) is 0 Å². The number of carbonyl (C=O) groups is 3. The van der Waals surface area contributed by atoms with E-state index in [-0.39, 0.29) is 5.69 Å². The van der Waals surface area contributed by atoms with Gasteiger partial charge in [0.05, 0.1) is 18.1 Å². The number of H-pyrrole nitrogens is 2. The van der Waals surface area contributed by atoms with Crippen LogP contribution in [0.4, 0.5) is 10.5 Å². The molecule has 2 heterocycles. The zero-order chi connectivity index (χ0) is 21.5. The van der Waals surface area contributed by atoms with Gasteiger partial charge in [0.2, 0.25) is 5.91 Å². The predicted octanol–water partition coefficient (Wildman–Crippen LogP) is 1.27. The Balaban J connectivity index is 1.49. The van der Waals surface area contributed by atoms with Crippen molar-refractivity contribution in [1.82, 2.24) is 20.2 Å². The number of carbonyl (C=O) groups excluding carboxylic acids is 3. The lowest BCUT2D eigenvalue weighted by molar-refractivity contribution is -0.133. The first kappa shape index (κ1) is 19.2. The minimum Gasteiger partial charge on any atom is -0.497 e. The van der Waals surface area contributed by atoms with Gasteiger partial charge in [-0.1, -0.05) is 12.1 Å². The van der Waals surface area contributed by atoms with Gasteiger partial charge in [-0.25, -0.2) is 9.59 Å². The number of anilines is 1. The number of nitrogens with one attached hydrogen (secondary N) is 4. The van der Waals surface area contributed by atoms with Crippen molar-refractivity contribution >= 4 is 34.6 Å². The van der Waals surface area contributed by atoms with Crippen LogP contribution < -0.4 is 21.1 Å². The van der Waals surface area contributed by atoms with Crippen LogP contribution in [0.15, 0.2) is 47.3 Å². The zero-order valence-corrected chi connectivity index (χ0v) is 16.2. The van der Waals surface area contributed by atoms with Gasteiger partial charge in [-0.15, -0.1) is 0 Å². The molecule has 4 rings (SSSR count). The molecule has 1 saturated heterocycles. The van der Waals surface area contributed by atoms with E-state index in [1.165, 1.54) is 7.11 Å². The van der Waals surface area contributed by atoms with Crippen molar-refractivity contribution in [3.63, 3.8) is 0 Å². The first-order valence-electron chi connectivity index (χ1n) is 9.11. The summed E-state index contributed by atoms with van der Waals surface area (Å²) in [5, 5.41) is 5.28. The van der Waals surface area contributed by atoms with E-state index in [0.29, 0.717) is 28.0 Å². The molecule has 1 fully saturated rings. The summed E-state index contributed by atoms with van der Waals surface area (Å²) in [6, 6.07) is 10.9. The average Bonchev–Trinajstić information content (AvgIpc) is 3.19. The molecule has 2 aromatic carbocycles. The number of aromatic nitrogens is 2. The summed E-state index contributed by atoms with van der Waals surface area (Å²) in [6.45, 7) is 1.14. The second-order valence-corrected chi connectivity index (χ2v) is 7.06. The van der Waals surface area contributed by atoms with E-state index in [1.807, 2.05) is 0 Å². The Hall–Kier alpha value is -4.08. The number of ether oxygens (including phenoxy) is 1. The van der Waals surface area contributed by atoms with Crippen molar-refractivity contribution in [1.29, 1.82) is 0 Å². The minimum absolute atomic E-state index is 0.356. The molecule has 30 heavy (non-hydrogen) atoms. The highest BCUT2D eigenvalue weighted by molar-refractivity contribution is 6.10. The maximum Gasteiger partial charge on any atom is 0.325 e. The Morgan fingerprint density at radius 2 is 1.77 bits per heavy atom. The number of imide groups is 1. The Morgan fingerprint density at radius 3 is 2.47 bits per heavy atom. The van der Waals surface area contributed by atoms with Crippen LogP contribution in [0.25, 0.3) is 11.0 Å². The highest BCUT2D eigenvalue weighted by atomic mass is 16.5. The van der Waals surface area contributed by atoms with Crippen LogP contribution in [0, 0.1) is 0 Å². The van der Waals surface area contributed by atoms with E-state index in [0.717, 1.165) is 4.90 Å². The molecule has 1 aromatic heterocycles. The monoisotopic (exact) mass is 409 g/mol. The number of hydrogen-bond donors (Lipinski definition) is 4. The number of methoxy groups -OCH3 is 1. The summed E-state index contributed by atoms with van der Waals surface area (Å²) in [5.74, 6) is -0.455. The molecule has 0 radical (unpaired) electrons. The number of rotatable bonds is 5. The van der Waals surface area contributed by atoms with Crippen molar-refractivity contribution < 1.29 is 19.1 Å². The average molecular weight is 409 g/mol. The Morgan fingerprint density at radius 1 is 1.07 bits per heavy atom. The minimum atomic E-state index is -1.28. The number of nitrogens with zero attached hydrogens (tertiary/aromatic N) is 1. The van der Waals surface area contributed by atoms with Crippen LogP contribution in [0.5, 0.6) is 5.75 Å². The number of fused-ring (bicyclic) bond motifs is 1. The lowest BCUT2D eigenvalue weighted by atomic mass is 9.92. The number of imidazole rings is 1. The molecule has 1 aliphatic heterocycles. The van der Waals surface area contributed by atoms with Crippen LogP contribution in [0.1, 0.15) is 12.5 Å². The molecule has 0 saturated carbocycles. The van der Waals surface area contributed by atoms with E-state index in [2.05, 4.69) is 20.6 Å². The summed E-state index contributed by atoms with van der Waals surface area (Å²) >= 11 is 0. The Bertz CT molecular complexity index is 1210. The van der Waals surface area contributed by atoms with Gasteiger partial charge in [-0.2, -0.15) is 0 Å². The molecular formula is C20H19N5O5. The van der Waals surface area contributed by atoms with Crippen LogP contribution >= 0.6 is 0 Å². The van der Waals surface area contributed by atoms with E-state index in [4.69, 9.17) is 4.74 Å². The van der Waals surface area contributed by atoms with Crippen LogP contribution in [-0.2, 0) is 15.1 Å². The SMILES string of the molecule is COc1ccc([C@@]2(C)NC(=O)N(CC(=O)Nc3ccc4[nH]c(=O)[nH]c4c3)C2=O)cc1. The molecule has 0 spiro atoms.